The highest BCUT2D eigenvalue weighted by Crippen LogP contribution is 2.14. The molecular formula is C46H78N8O8S. The van der Waals surface area contributed by atoms with Gasteiger partial charge in [-0.2, -0.15) is 11.8 Å². The quantitative estimate of drug-likeness (QED) is 0.0343. The highest BCUT2D eigenvalue weighted by atomic mass is 32.2. The lowest BCUT2D eigenvalue weighted by Crippen LogP contribution is -2.58. The molecule has 1 aromatic carbocycles. The summed E-state index contributed by atoms with van der Waals surface area (Å²) in [4.78, 5) is 91.1. The third kappa shape index (κ3) is 27.9. The number of hydrogen-bond donors (Lipinski definition) is 9. The van der Waals surface area contributed by atoms with E-state index in [9.17, 15) is 38.7 Å². The lowest BCUT2D eigenvalue weighted by atomic mass is 10.0. The Morgan fingerprint density at radius 2 is 1.19 bits per heavy atom. The first-order valence-corrected chi connectivity index (χ1v) is 24.3. The monoisotopic (exact) mass is 903 g/mol. The van der Waals surface area contributed by atoms with Crippen molar-refractivity contribution in [3.05, 3.63) is 42.0 Å². The number of likely N-dealkylation sites (N-methyl/N-ethyl adjacent to an activating group) is 1. The highest BCUT2D eigenvalue weighted by Gasteiger charge is 2.30. The Kier molecular flexibility index (Phi) is 32.0. The van der Waals surface area contributed by atoms with E-state index in [-0.39, 0.29) is 43.8 Å². The van der Waals surface area contributed by atoms with Gasteiger partial charge in [-0.15, -0.1) is 0 Å². The number of nitrogens with two attached hydrogens (primary N) is 2. The number of carbonyl (C=O) groups excluding carboxylic acids is 7. The van der Waals surface area contributed by atoms with Crippen molar-refractivity contribution in [3.63, 3.8) is 0 Å². The van der Waals surface area contributed by atoms with E-state index in [1.165, 1.54) is 69.5 Å². The van der Waals surface area contributed by atoms with Gasteiger partial charge in [-0.25, -0.2) is 0 Å². The molecule has 0 aliphatic rings. The standard InChI is InChI=1S/C46H78N8O8S/c1-4-5-6-7-8-9-10-11-12-13-14-15-16-17-18-22-41(57)51-38(29-31-63-3)44(60)50-33-42(58)52-39(32-34-23-25-35(55)26-24-34)46(62)54-37(27-28-40(48)56)45(61)53-36(43(59)49-2)21-19-20-30-47/h11-12,23-26,36-39,55H,4-10,13-22,27-33,47H2,1-3H3,(H2,48,56)(H,49,59)(H,50,60)(H,51,57)(H,52,58)(H,53,61)(H,54,62)/b12-11-/t36-,37-,38-,39-/m0/s1. The molecular weight excluding hydrogens is 825 g/mol. The summed E-state index contributed by atoms with van der Waals surface area (Å²) in [6.45, 7) is 2.12. The number of hydrogen-bond acceptors (Lipinski definition) is 10. The maximum atomic E-state index is 13.8. The van der Waals surface area contributed by atoms with Crippen molar-refractivity contribution >= 4 is 53.1 Å². The molecule has 0 saturated heterocycles. The average Bonchev–Trinajstić information content (AvgIpc) is 3.26. The van der Waals surface area contributed by atoms with E-state index >= 15 is 0 Å². The van der Waals surface area contributed by atoms with Gasteiger partial charge in [0.1, 0.15) is 29.9 Å². The van der Waals surface area contributed by atoms with Crippen molar-refractivity contribution in [3.8, 4) is 5.75 Å². The zero-order valence-corrected chi connectivity index (χ0v) is 38.9. The smallest absolute Gasteiger partial charge is 0.243 e. The van der Waals surface area contributed by atoms with E-state index in [4.69, 9.17) is 11.5 Å². The number of carbonyl (C=O) groups is 7. The minimum Gasteiger partial charge on any atom is -0.508 e. The van der Waals surface area contributed by atoms with Crippen molar-refractivity contribution in [2.75, 3.05) is 32.1 Å². The van der Waals surface area contributed by atoms with Crippen LogP contribution < -0.4 is 43.4 Å². The van der Waals surface area contributed by atoms with Crippen LogP contribution in [0.3, 0.4) is 0 Å². The van der Waals surface area contributed by atoms with Crippen LogP contribution in [0.1, 0.15) is 141 Å². The molecule has 11 N–H and O–H groups in total. The SMILES string of the molecule is CCCCCCCC/C=C\CCCCCCCC(=O)N[C@@H](CCSC)C(=O)NCC(=O)N[C@@H](Cc1ccc(O)cc1)C(=O)N[C@@H](CCC(N)=O)C(=O)N[C@@H](CCCCN)C(=O)NC. The molecule has 356 valence electrons. The largest absolute Gasteiger partial charge is 0.508 e. The molecule has 63 heavy (non-hydrogen) atoms. The van der Waals surface area contributed by atoms with Crippen molar-refractivity contribution in [1.29, 1.82) is 0 Å². The Morgan fingerprint density at radius 1 is 0.635 bits per heavy atom. The molecule has 0 fully saturated rings. The number of thioether (sulfide) groups is 1. The summed E-state index contributed by atoms with van der Waals surface area (Å²) in [5.74, 6) is -3.61. The Labute approximate surface area is 379 Å². The summed E-state index contributed by atoms with van der Waals surface area (Å²) in [5.41, 5.74) is 11.5. The van der Waals surface area contributed by atoms with Crippen molar-refractivity contribution in [2.45, 2.75) is 166 Å². The maximum absolute atomic E-state index is 13.8. The number of phenols is 1. The second kappa shape index (κ2) is 35.8. The summed E-state index contributed by atoms with van der Waals surface area (Å²) >= 11 is 1.52. The average molecular weight is 903 g/mol. The molecule has 7 amide bonds. The zero-order valence-electron chi connectivity index (χ0n) is 38.1. The van der Waals surface area contributed by atoms with E-state index in [2.05, 4.69) is 51.0 Å². The number of benzene rings is 1. The Hall–Kier alpha value is -4.64. The number of allylic oxidation sites excluding steroid dienone is 2. The van der Waals surface area contributed by atoms with Gasteiger partial charge in [0, 0.05) is 26.3 Å². The van der Waals surface area contributed by atoms with Gasteiger partial charge in [-0.05, 0) is 100 Å². The number of nitrogens with one attached hydrogen (secondary N) is 6. The molecule has 1 aromatic rings. The summed E-state index contributed by atoms with van der Waals surface area (Å²) in [7, 11) is 1.43. The lowest BCUT2D eigenvalue weighted by molar-refractivity contribution is -0.134. The Morgan fingerprint density at radius 3 is 1.78 bits per heavy atom. The predicted octanol–water partition coefficient (Wildman–Crippen LogP) is 3.92. The molecule has 0 saturated carbocycles. The van der Waals surface area contributed by atoms with Gasteiger partial charge in [0.25, 0.3) is 0 Å². The van der Waals surface area contributed by atoms with Crippen molar-refractivity contribution in [2.24, 2.45) is 11.5 Å². The maximum Gasteiger partial charge on any atom is 0.243 e. The number of aromatic hydroxyl groups is 1. The minimum absolute atomic E-state index is 0.0115. The van der Waals surface area contributed by atoms with E-state index in [0.29, 0.717) is 43.5 Å². The van der Waals surface area contributed by atoms with Crippen molar-refractivity contribution < 1.29 is 38.7 Å². The van der Waals surface area contributed by atoms with Gasteiger partial charge < -0.3 is 48.5 Å². The van der Waals surface area contributed by atoms with E-state index in [1.54, 1.807) is 12.1 Å². The number of primary amides is 1. The fourth-order valence-electron chi connectivity index (χ4n) is 6.78. The van der Waals surface area contributed by atoms with E-state index in [1.807, 2.05) is 6.26 Å². The predicted molar refractivity (Wildman–Crippen MR) is 250 cm³/mol. The first kappa shape index (κ1) is 56.4. The molecule has 0 aliphatic heterocycles. The van der Waals surface area contributed by atoms with Gasteiger partial charge in [-0.1, -0.05) is 82.6 Å². The first-order chi connectivity index (χ1) is 30.3. The molecule has 16 nitrogen and oxygen atoms in total. The summed E-state index contributed by atoms with van der Waals surface area (Å²) < 4.78 is 0. The molecule has 0 heterocycles. The van der Waals surface area contributed by atoms with Crippen LogP contribution in [-0.4, -0.2) is 103 Å². The van der Waals surface area contributed by atoms with Crippen LogP contribution >= 0.6 is 11.8 Å². The minimum atomic E-state index is -1.31. The molecule has 0 bridgehead atoms. The molecule has 0 radical (unpaired) electrons. The Bertz CT molecular complexity index is 1530. The van der Waals surface area contributed by atoms with Gasteiger partial charge in [0.05, 0.1) is 6.54 Å². The lowest BCUT2D eigenvalue weighted by Gasteiger charge is -2.25. The van der Waals surface area contributed by atoms with Crippen LogP contribution in [0, 0.1) is 0 Å². The summed E-state index contributed by atoms with van der Waals surface area (Å²) in [6, 6.07) is 1.57. The van der Waals surface area contributed by atoms with Crippen LogP contribution in [0.2, 0.25) is 0 Å². The highest BCUT2D eigenvalue weighted by molar-refractivity contribution is 7.98. The number of rotatable bonds is 37. The summed E-state index contributed by atoms with van der Waals surface area (Å²) in [5, 5.41) is 25.6. The molecule has 17 heteroatoms. The number of phenolic OH excluding ortho intramolecular Hbond substituents is 1. The van der Waals surface area contributed by atoms with Crippen LogP contribution in [0.5, 0.6) is 5.75 Å². The normalized spacial score (nSPS) is 13.0. The van der Waals surface area contributed by atoms with Crippen molar-refractivity contribution in [1.82, 2.24) is 31.9 Å². The third-order valence-corrected chi connectivity index (χ3v) is 11.2. The van der Waals surface area contributed by atoms with Gasteiger partial charge in [-0.3, -0.25) is 33.6 Å². The van der Waals surface area contributed by atoms with Crippen LogP contribution in [0.25, 0.3) is 0 Å². The fraction of sp³-hybridized carbons (Fsp3) is 0.674. The first-order valence-electron chi connectivity index (χ1n) is 22.9. The van der Waals surface area contributed by atoms with E-state index in [0.717, 1.165) is 38.5 Å². The molecule has 0 unspecified atom stereocenters. The Balaban J connectivity index is 2.84. The third-order valence-electron chi connectivity index (χ3n) is 10.5. The number of unbranched alkanes of at least 4 members (excludes halogenated alkanes) is 12. The van der Waals surface area contributed by atoms with E-state index < -0.39 is 66.2 Å². The van der Waals surface area contributed by atoms with Gasteiger partial charge in [0.15, 0.2) is 0 Å². The number of amides is 7. The van der Waals surface area contributed by atoms with Gasteiger partial charge >= 0.3 is 0 Å². The van der Waals surface area contributed by atoms with Crippen LogP contribution in [0.4, 0.5) is 0 Å². The molecule has 0 spiro atoms. The fourth-order valence-corrected chi connectivity index (χ4v) is 7.25. The molecule has 4 atom stereocenters. The zero-order chi connectivity index (χ0) is 46.7. The van der Waals surface area contributed by atoms with Crippen LogP contribution in [0.15, 0.2) is 36.4 Å². The topological polar surface area (TPSA) is 264 Å². The van der Waals surface area contributed by atoms with Gasteiger partial charge in [0.2, 0.25) is 41.4 Å². The molecule has 0 aromatic heterocycles. The second-order valence-electron chi connectivity index (χ2n) is 16.0. The summed E-state index contributed by atoms with van der Waals surface area (Å²) in [6.07, 6.45) is 23.0. The molecule has 1 rings (SSSR count). The molecule has 0 aliphatic carbocycles. The van der Waals surface area contributed by atoms with Crippen LogP contribution in [-0.2, 0) is 40.0 Å². The second-order valence-corrected chi connectivity index (χ2v) is 17.0.